The second kappa shape index (κ2) is 19.5. The number of nitrogens with one attached hydrogen (secondary N) is 2. The zero-order chi connectivity index (χ0) is 53.2. The number of aromatic hydroxyl groups is 1. The Balaban J connectivity index is 0.851. The molecule has 1 aliphatic carbocycles. The standard InChI is InChI=1S/C52H52ClF3N16O4/c1-6-57-41-15-30(17-43(63-41)71-23-37-33(49(71)74)13-29(14-39(37)52(54,55)56)25-76-26-51(2)9-7-10-51)46-36(22-62-69(46)5)48-66-60-28-70(48)12-8-11-58-42-16-31(45-35(21-61-68(45)4)47-65-59-27-67(47)3)18-44(64-42)72-24-38-34(50(72)75)19-32(73)20-40(38)53/h13-22,27-28,73H,6-12,23-26H2,1-5H3,(H,57,63)(H,58,64). The summed E-state index contributed by atoms with van der Waals surface area (Å²) in [5.74, 6) is 1.39. The van der Waals surface area contributed by atoms with Crippen LogP contribution in [0.3, 0.4) is 0 Å². The van der Waals surface area contributed by atoms with Gasteiger partial charge in [0.2, 0.25) is 0 Å². The van der Waals surface area contributed by atoms with Crippen molar-refractivity contribution in [3.63, 3.8) is 0 Å². The molecule has 2 amide bonds. The van der Waals surface area contributed by atoms with E-state index in [0.29, 0.717) is 101 Å². The van der Waals surface area contributed by atoms with Gasteiger partial charge in [-0.25, -0.2) is 9.97 Å². The topological polar surface area (TPSA) is 217 Å². The third kappa shape index (κ3) is 9.26. The number of phenols is 1. The van der Waals surface area contributed by atoms with Gasteiger partial charge in [-0.05, 0) is 91.3 Å². The predicted octanol–water partition coefficient (Wildman–Crippen LogP) is 8.67. The number of pyridine rings is 2. The second-order valence-electron chi connectivity index (χ2n) is 19.7. The number of hydrogen-bond acceptors (Lipinski definition) is 14. The van der Waals surface area contributed by atoms with E-state index in [1.807, 2.05) is 31.7 Å². The molecule has 20 nitrogen and oxygen atoms in total. The molecule has 2 aliphatic heterocycles. The fourth-order valence-corrected chi connectivity index (χ4v) is 10.6. The lowest BCUT2D eigenvalue weighted by Crippen LogP contribution is -2.30. The van der Waals surface area contributed by atoms with Gasteiger partial charge in [-0.1, -0.05) is 24.9 Å². The number of alkyl halides is 3. The van der Waals surface area contributed by atoms with Crippen LogP contribution in [-0.4, -0.2) is 95.7 Å². The molecule has 0 unspecified atom stereocenters. The number of carbonyl (C=O) groups is 2. The van der Waals surface area contributed by atoms with Crippen LogP contribution in [0.15, 0.2) is 73.6 Å². The number of fused-ring (bicyclic) bond motifs is 2. The van der Waals surface area contributed by atoms with Gasteiger partial charge in [0.1, 0.15) is 41.7 Å². The fourth-order valence-electron chi connectivity index (χ4n) is 10.3. The number of halogens is 4. The largest absolute Gasteiger partial charge is 0.508 e. The average Bonchev–Trinajstić information content (AvgIpc) is 4.27. The molecular formula is C52H52ClF3N16O4. The number of ether oxygens (including phenoxy) is 1. The number of rotatable bonds is 17. The third-order valence-electron chi connectivity index (χ3n) is 14.3. The number of anilines is 4. The first-order valence-electron chi connectivity index (χ1n) is 24.7. The van der Waals surface area contributed by atoms with Crippen molar-refractivity contribution in [2.45, 2.75) is 71.9 Å². The number of nitrogens with zero attached hydrogens (tertiary/aromatic N) is 14. The zero-order valence-electron chi connectivity index (χ0n) is 42.2. The molecule has 8 heterocycles. The van der Waals surface area contributed by atoms with Crippen molar-refractivity contribution in [3.05, 3.63) is 112 Å². The molecule has 24 heteroatoms. The van der Waals surface area contributed by atoms with E-state index in [9.17, 15) is 27.9 Å². The molecule has 1 fully saturated rings. The number of benzene rings is 2. The molecule has 2 aromatic carbocycles. The van der Waals surface area contributed by atoms with E-state index in [4.69, 9.17) is 26.3 Å². The average molecular weight is 1060 g/mol. The summed E-state index contributed by atoms with van der Waals surface area (Å²) < 4.78 is 57.1. The van der Waals surface area contributed by atoms with E-state index in [1.54, 1.807) is 64.2 Å². The van der Waals surface area contributed by atoms with Crippen LogP contribution < -0.4 is 20.4 Å². The number of hydrogen-bond donors (Lipinski definition) is 3. The van der Waals surface area contributed by atoms with Gasteiger partial charge >= 0.3 is 6.18 Å². The molecule has 0 radical (unpaired) electrons. The minimum absolute atomic E-state index is 0.0152. The van der Waals surface area contributed by atoms with Crippen molar-refractivity contribution in [1.29, 1.82) is 0 Å². The molecule has 6 aromatic heterocycles. The summed E-state index contributed by atoms with van der Waals surface area (Å²) in [4.78, 5) is 40.6. The zero-order valence-corrected chi connectivity index (χ0v) is 42.9. The molecule has 1 saturated carbocycles. The monoisotopic (exact) mass is 1060 g/mol. The van der Waals surface area contributed by atoms with E-state index in [0.717, 1.165) is 25.3 Å². The first-order chi connectivity index (χ1) is 36.5. The lowest BCUT2D eigenvalue weighted by molar-refractivity contribution is -0.138. The first kappa shape index (κ1) is 50.0. The van der Waals surface area contributed by atoms with Crippen molar-refractivity contribution in [2.75, 3.05) is 40.1 Å². The van der Waals surface area contributed by atoms with E-state index in [2.05, 4.69) is 48.1 Å². The van der Waals surface area contributed by atoms with Gasteiger partial charge in [-0.3, -0.25) is 28.8 Å². The van der Waals surface area contributed by atoms with Crippen LogP contribution in [0.4, 0.5) is 36.4 Å². The van der Waals surface area contributed by atoms with Gasteiger partial charge in [0, 0.05) is 63.0 Å². The molecule has 11 rings (SSSR count). The van der Waals surface area contributed by atoms with E-state index >= 15 is 0 Å². The number of carbonyl (C=O) groups excluding carboxylic acids is 2. The molecule has 0 spiro atoms. The number of amides is 2. The van der Waals surface area contributed by atoms with Crippen molar-refractivity contribution >= 4 is 46.7 Å². The maximum absolute atomic E-state index is 14.7. The number of phenolic OH excluding ortho intramolecular Hbond substituents is 1. The van der Waals surface area contributed by atoms with E-state index in [1.165, 1.54) is 28.0 Å². The molecule has 0 saturated heterocycles. The van der Waals surface area contributed by atoms with Crippen LogP contribution in [0.1, 0.15) is 82.5 Å². The fraction of sp³-hybridized carbons (Fsp3) is 0.346. The summed E-state index contributed by atoms with van der Waals surface area (Å²) in [6.07, 6.45) is 5.54. The van der Waals surface area contributed by atoms with Gasteiger partial charge in [0.15, 0.2) is 11.6 Å². The molecule has 3 aliphatic rings. The highest BCUT2D eigenvalue weighted by atomic mass is 35.5. The second-order valence-corrected chi connectivity index (χ2v) is 20.2. The summed E-state index contributed by atoms with van der Waals surface area (Å²) in [6.45, 7) is 5.52. The summed E-state index contributed by atoms with van der Waals surface area (Å²) >= 11 is 6.52. The van der Waals surface area contributed by atoms with Crippen molar-refractivity contribution in [1.82, 2.24) is 59.1 Å². The van der Waals surface area contributed by atoms with Crippen molar-refractivity contribution in [3.8, 4) is 51.0 Å². The molecular weight excluding hydrogens is 1010 g/mol. The Morgan fingerprint density at radius 3 is 1.97 bits per heavy atom. The summed E-state index contributed by atoms with van der Waals surface area (Å²) in [5, 5.41) is 43.5. The molecule has 0 atom stereocenters. The van der Waals surface area contributed by atoms with Gasteiger partial charge in [0.25, 0.3) is 11.8 Å². The predicted molar refractivity (Wildman–Crippen MR) is 276 cm³/mol. The lowest BCUT2D eigenvalue weighted by atomic mass is 9.71. The maximum Gasteiger partial charge on any atom is 0.416 e. The molecule has 3 N–H and O–H groups in total. The lowest BCUT2D eigenvalue weighted by Gasteiger charge is -2.37. The van der Waals surface area contributed by atoms with Gasteiger partial charge in [-0.15, -0.1) is 20.4 Å². The highest BCUT2D eigenvalue weighted by Crippen LogP contribution is 2.44. The van der Waals surface area contributed by atoms with Gasteiger partial charge < -0.3 is 29.6 Å². The van der Waals surface area contributed by atoms with Gasteiger partial charge in [-0.2, -0.15) is 23.4 Å². The minimum Gasteiger partial charge on any atom is -0.508 e. The Morgan fingerprint density at radius 1 is 0.763 bits per heavy atom. The highest BCUT2D eigenvalue weighted by Gasteiger charge is 2.42. The minimum atomic E-state index is -4.71. The normalized spacial score (nSPS) is 14.9. The molecule has 392 valence electrons. The van der Waals surface area contributed by atoms with Crippen LogP contribution >= 0.6 is 11.6 Å². The van der Waals surface area contributed by atoms with Crippen LogP contribution in [0.25, 0.3) is 45.3 Å². The summed E-state index contributed by atoms with van der Waals surface area (Å²) in [7, 11) is 5.42. The first-order valence-corrected chi connectivity index (χ1v) is 25.1. The molecule has 0 bridgehead atoms. The maximum atomic E-state index is 14.7. The number of aryl methyl sites for hydroxylation is 4. The third-order valence-corrected chi connectivity index (χ3v) is 14.6. The van der Waals surface area contributed by atoms with E-state index in [-0.39, 0.29) is 69.9 Å². The van der Waals surface area contributed by atoms with Gasteiger partial charge in [0.05, 0.1) is 77.4 Å². The number of aromatic nitrogens is 12. The SMILES string of the molecule is CCNc1cc(-c2c(-c3nncn3CCCNc3cc(-c4c(-c5nncn5C)cnn4C)cc(N4Cc5c(Cl)cc(O)cc5C4=O)n3)cnn2C)cc(N2Cc3c(cc(COCC4(C)CCC4)cc3C(F)(F)F)C2=O)n1. The van der Waals surface area contributed by atoms with Crippen LogP contribution in [0.5, 0.6) is 5.75 Å². The van der Waals surface area contributed by atoms with Crippen LogP contribution in [-0.2, 0) is 58.3 Å². The Morgan fingerprint density at radius 2 is 1.37 bits per heavy atom. The summed E-state index contributed by atoms with van der Waals surface area (Å²) in [6, 6.07) is 12.6. The smallest absolute Gasteiger partial charge is 0.416 e. The van der Waals surface area contributed by atoms with Crippen LogP contribution in [0, 0.1) is 5.41 Å². The molecule has 76 heavy (non-hydrogen) atoms. The Hall–Kier alpha value is -8.18. The summed E-state index contributed by atoms with van der Waals surface area (Å²) in [5.41, 5.74) is 4.06. The molecule has 8 aromatic rings. The highest BCUT2D eigenvalue weighted by molar-refractivity contribution is 6.32. The van der Waals surface area contributed by atoms with E-state index < -0.39 is 17.6 Å². The van der Waals surface area contributed by atoms with Crippen molar-refractivity contribution in [2.24, 2.45) is 26.6 Å². The van der Waals surface area contributed by atoms with Crippen molar-refractivity contribution < 1.29 is 32.6 Å². The Bertz CT molecular complexity index is 3580. The Kier molecular flexibility index (Phi) is 12.8. The quantitative estimate of drug-likeness (QED) is 0.0728. The Labute approximate surface area is 438 Å². The van der Waals surface area contributed by atoms with Crippen LogP contribution in [0.2, 0.25) is 5.02 Å².